The lowest BCUT2D eigenvalue weighted by Gasteiger charge is -2.35. The molecule has 2 fully saturated rings. The number of anilines is 1. The summed E-state index contributed by atoms with van der Waals surface area (Å²) in [5.41, 5.74) is 0.0750. The predicted molar refractivity (Wildman–Crippen MR) is 95.1 cm³/mol. The maximum absolute atomic E-state index is 13.2. The molecular weight excluding hydrogens is 316 g/mol. The Morgan fingerprint density at radius 2 is 1.92 bits per heavy atom. The number of carbonyl (C=O) groups is 2. The molecule has 1 saturated carbocycles. The van der Waals surface area contributed by atoms with E-state index in [0.717, 1.165) is 16.6 Å². The zero-order valence-electron chi connectivity index (χ0n) is 15.0. The monoisotopic (exact) mass is 338 g/mol. The first-order valence-electron chi connectivity index (χ1n) is 8.63. The fraction of sp³-hybridized carbons (Fsp3) is 0.450. The number of nitrogens with one attached hydrogen (secondary N) is 1. The molecule has 0 spiro atoms. The highest BCUT2D eigenvalue weighted by Crippen LogP contribution is 2.65. The summed E-state index contributed by atoms with van der Waals surface area (Å²) in [7, 11) is 0. The fourth-order valence-corrected chi connectivity index (χ4v) is 4.38. The number of esters is 1. The summed E-state index contributed by atoms with van der Waals surface area (Å²) in [5, 5.41) is 3.90. The third kappa shape index (κ3) is 1.86. The van der Waals surface area contributed by atoms with Gasteiger partial charge in [0.15, 0.2) is 5.60 Å². The lowest BCUT2D eigenvalue weighted by molar-refractivity contribution is -0.165. The highest BCUT2D eigenvalue weighted by Gasteiger charge is 2.75. The molecule has 5 nitrogen and oxygen atoms in total. The Morgan fingerprint density at radius 1 is 1.20 bits per heavy atom. The van der Waals surface area contributed by atoms with Gasteiger partial charge in [0.05, 0.1) is 16.6 Å². The first-order valence-corrected chi connectivity index (χ1v) is 8.63. The van der Waals surface area contributed by atoms with Crippen molar-refractivity contribution in [3.8, 4) is 0 Å². The number of benzene rings is 1. The Labute approximate surface area is 146 Å². The topological polar surface area (TPSA) is 68.3 Å². The van der Waals surface area contributed by atoms with Gasteiger partial charge in [0.2, 0.25) is 0 Å². The molecule has 4 rings (SSSR count). The van der Waals surface area contributed by atoms with Gasteiger partial charge in [-0.25, -0.2) is 0 Å². The molecule has 1 N–H and O–H groups in total. The van der Waals surface area contributed by atoms with Crippen molar-refractivity contribution in [1.29, 1.82) is 0 Å². The summed E-state index contributed by atoms with van der Waals surface area (Å²) in [6.07, 6.45) is 1.22. The molecule has 1 aromatic carbocycles. The van der Waals surface area contributed by atoms with Crippen molar-refractivity contribution in [2.75, 3.05) is 5.32 Å². The molecule has 2 aromatic rings. The number of rotatable bonds is 2. The van der Waals surface area contributed by atoms with Crippen LogP contribution in [0.2, 0.25) is 0 Å². The Kier molecular flexibility index (Phi) is 3.09. The minimum atomic E-state index is -1.11. The molecule has 2 atom stereocenters. The first kappa shape index (κ1) is 16.1. The number of hydrogen-bond donors (Lipinski definition) is 1. The minimum absolute atomic E-state index is 0.247. The summed E-state index contributed by atoms with van der Waals surface area (Å²) in [4.78, 5) is 30.1. The van der Waals surface area contributed by atoms with E-state index in [-0.39, 0.29) is 11.9 Å². The van der Waals surface area contributed by atoms with Crippen LogP contribution in [0.25, 0.3) is 10.9 Å². The molecule has 2 aliphatic rings. The minimum Gasteiger partial charge on any atom is -0.448 e. The number of ether oxygens (including phenoxy) is 1. The van der Waals surface area contributed by atoms with Crippen LogP contribution in [0.1, 0.15) is 39.3 Å². The number of hydrogen-bond acceptors (Lipinski definition) is 4. The van der Waals surface area contributed by atoms with Gasteiger partial charge < -0.3 is 10.1 Å². The lowest BCUT2D eigenvalue weighted by atomic mass is 9.66. The molecular formula is C20H22N2O3. The number of amides is 1. The molecule has 1 saturated heterocycles. The van der Waals surface area contributed by atoms with Crippen LogP contribution in [0.3, 0.4) is 0 Å². The van der Waals surface area contributed by atoms with Gasteiger partial charge in [-0.15, -0.1) is 0 Å². The molecule has 1 aromatic heterocycles. The van der Waals surface area contributed by atoms with Crippen LogP contribution in [0.4, 0.5) is 5.69 Å². The number of para-hydroxylation sites is 1. The SMILES string of the molecule is Cc1cc(NC(=O)[C@]23CC[C@](C)(C(=O)O2)C3(C)C)c2ccccc2n1. The quantitative estimate of drug-likeness (QED) is 0.850. The van der Waals surface area contributed by atoms with Gasteiger partial charge in [0.1, 0.15) is 0 Å². The molecule has 1 amide bonds. The van der Waals surface area contributed by atoms with E-state index in [1.54, 1.807) is 0 Å². The smallest absolute Gasteiger partial charge is 0.313 e. The molecule has 1 aliphatic carbocycles. The molecule has 130 valence electrons. The van der Waals surface area contributed by atoms with Gasteiger partial charge in [0.25, 0.3) is 5.91 Å². The molecule has 5 heteroatoms. The van der Waals surface area contributed by atoms with Gasteiger partial charge >= 0.3 is 5.97 Å². The number of fused-ring (bicyclic) bond motifs is 3. The Morgan fingerprint density at radius 3 is 2.56 bits per heavy atom. The summed E-state index contributed by atoms with van der Waals surface area (Å²) in [6.45, 7) is 7.72. The number of pyridine rings is 1. The van der Waals surface area contributed by atoms with E-state index in [9.17, 15) is 9.59 Å². The fourth-order valence-electron chi connectivity index (χ4n) is 4.38. The van der Waals surface area contributed by atoms with E-state index < -0.39 is 16.4 Å². The van der Waals surface area contributed by atoms with Gasteiger partial charge in [-0.2, -0.15) is 0 Å². The average molecular weight is 338 g/mol. The van der Waals surface area contributed by atoms with Crippen LogP contribution in [-0.2, 0) is 14.3 Å². The maximum atomic E-state index is 13.2. The Hall–Kier alpha value is -2.43. The molecule has 0 radical (unpaired) electrons. The predicted octanol–water partition coefficient (Wildman–Crippen LogP) is 3.60. The molecule has 1 aliphatic heterocycles. The zero-order valence-corrected chi connectivity index (χ0v) is 15.0. The second-order valence-electron chi connectivity index (χ2n) is 7.96. The largest absolute Gasteiger partial charge is 0.448 e. The van der Waals surface area contributed by atoms with Crippen molar-refractivity contribution in [3.05, 3.63) is 36.0 Å². The molecule has 2 bridgehead atoms. The van der Waals surface area contributed by atoms with Crippen molar-refractivity contribution >= 4 is 28.5 Å². The van der Waals surface area contributed by atoms with Crippen molar-refractivity contribution in [2.24, 2.45) is 10.8 Å². The second kappa shape index (κ2) is 4.81. The van der Waals surface area contributed by atoms with Crippen molar-refractivity contribution in [2.45, 2.75) is 46.1 Å². The molecule has 2 heterocycles. The maximum Gasteiger partial charge on any atom is 0.313 e. The van der Waals surface area contributed by atoms with Crippen LogP contribution >= 0.6 is 0 Å². The second-order valence-corrected chi connectivity index (χ2v) is 7.96. The van der Waals surface area contributed by atoms with Crippen LogP contribution in [0, 0.1) is 17.8 Å². The van der Waals surface area contributed by atoms with E-state index in [0.29, 0.717) is 18.5 Å². The molecule has 25 heavy (non-hydrogen) atoms. The first-order chi connectivity index (χ1) is 11.7. The van der Waals surface area contributed by atoms with E-state index in [1.165, 1.54) is 0 Å². The normalized spacial score (nSPS) is 29.7. The van der Waals surface area contributed by atoms with Crippen molar-refractivity contribution < 1.29 is 14.3 Å². The van der Waals surface area contributed by atoms with Crippen molar-refractivity contribution in [1.82, 2.24) is 4.98 Å². The lowest BCUT2D eigenvalue weighted by Crippen LogP contribution is -2.50. The number of aromatic nitrogens is 1. The Bertz CT molecular complexity index is 920. The highest BCUT2D eigenvalue weighted by atomic mass is 16.6. The van der Waals surface area contributed by atoms with Gasteiger partial charge in [-0.1, -0.05) is 32.0 Å². The summed E-state index contributed by atoms with van der Waals surface area (Å²) < 4.78 is 5.68. The van der Waals surface area contributed by atoms with Gasteiger partial charge in [-0.05, 0) is 38.8 Å². The van der Waals surface area contributed by atoms with Gasteiger partial charge in [0, 0.05) is 16.5 Å². The van der Waals surface area contributed by atoms with E-state index in [2.05, 4.69) is 10.3 Å². The number of aryl methyl sites for hydroxylation is 1. The summed E-state index contributed by atoms with van der Waals surface area (Å²) >= 11 is 0. The van der Waals surface area contributed by atoms with Crippen LogP contribution in [-0.4, -0.2) is 22.5 Å². The van der Waals surface area contributed by atoms with E-state index >= 15 is 0 Å². The summed E-state index contributed by atoms with van der Waals surface area (Å²) in [6, 6.07) is 9.54. The van der Waals surface area contributed by atoms with Gasteiger partial charge in [-0.3, -0.25) is 14.6 Å². The molecule has 0 unspecified atom stereocenters. The number of nitrogens with zero attached hydrogens (tertiary/aromatic N) is 1. The van der Waals surface area contributed by atoms with Crippen molar-refractivity contribution in [3.63, 3.8) is 0 Å². The third-order valence-electron chi connectivity index (χ3n) is 6.54. The number of carbonyl (C=O) groups excluding carboxylic acids is 2. The zero-order chi connectivity index (χ0) is 18.0. The highest BCUT2D eigenvalue weighted by molar-refractivity contribution is 6.07. The van der Waals surface area contributed by atoms with E-state index in [4.69, 9.17) is 4.74 Å². The standard InChI is InChI=1S/C20H22N2O3/c1-12-11-15(13-7-5-6-8-14(13)21-12)22-16(23)20-10-9-19(4,17(24)25-20)18(20,2)3/h5-8,11H,9-10H2,1-4H3,(H,21,22,23)/t19-,20+/m1/s1. The van der Waals surface area contributed by atoms with E-state index in [1.807, 2.05) is 58.0 Å². The third-order valence-corrected chi connectivity index (χ3v) is 6.54. The summed E-state index contributed by atoms with van der Waals surface area (Å²) in [5.74, 6) is -0.516. The van der Waals surface area contributed by atoms with Crippen LogP contribution in [0.15, 0.2) is 30.3 Å². The van der Waals surface area contributed by atoms with Crippen LogP contribution in [0.5, 0.6) is 0 Å². The Balaban J connectivity index is 1.76. The van der Waals surface area contributed by atoms with Crippen LogP contribution < -0.4 is 5.32 Å². The average Bonchev–Trinajstić information content (AvgIpc) is 2.85.